The Bertz CT molecular complexity index is 331. The van der Waals surface area contributed by atoms with Gasteiger partial charge in [-0.05, 0) is 25.0 Å². The van der Waals surface area contributed by atoms with Crippen molar-refractivity contribution in [2.24, 2.45) is 0 Å². The van der Waals surface area contributed by atoms with Crippen LogP contribution in [0.1, 0.15) is 36.4 Å². The maximum atomic E-state index is 9.72. The van der Waals surface area contributed by atoms with E-state index in [2.05, 4.69) is 18.1 Å². The van der Waals surface area contributed by atoms with Gasteiger partial charge in [0, 0.05) is 0 Å². The molecule has 0 bridgehead atoms. The SMILES string of the molecule is C=CC[C@H](O)c1cccc([C@@H](O)CC=C)n1. The predicted octanol–water partition coefficient (Wildman–Crippen LogP) is 2.30. The summed E-state index contributed by atoms with van der Waals surface area (Å²) in [5.74, 6) is 0. The molecule has 2 atom stereocenters. The molecule has 0 amide bonds. The normalized spacial score (nSPS) is 14.1. The number of rotatable bonds is 6. The van der Waals surface area contributed by atoms with Crippen molar-refractivity contribution in [3.05, 3.63) is 54.9 Å². The van der Waals surface area contributed by atoms with Crippen LogP contribution in [0.5, 0.6) is 0 Å². The molecule has 0 saturated heterocycles. The Morgan fingerprint density at radius 1 is 1.06 bits per heavy atom. The number of hydrogen-bond donors (Lipinski definition) is 2. The first-order valence-electron chi connectivity index (χ1n) is 5.23. The average Bonchev–Trinajstić information content (AvgIpc) is 2.30. The molecule has 3 heteroatoms. The van der Waals surface area contributed by atoms with Crippen molar-refractivity contribution in [1.29, 1.82) is 0 Å². The lowest BCUT2D eigenvalue weighted by molar-refractivity contribution is 0.165. The van der Waals surface area contributed by atoms with Gasteiger partial charge in [-0.2, -0.15) is 0 Å². The van der Waals surface area contributed by atoms with E-state index in [1.807, 2.05) is 0 Å². The highest BCUT2D eigenvalue weighted by atomic mass is 16.3. The van der Waals surface area contributed by atoms with Crippen LogP contribution in [0, 0.1) is 0 Å². The molecule has 1 aromatic rings. The van der Waals surface area contributed by atoms with Crippen LogP contribution in [0.4, 0.5) is 0 Å². The molecule has 16 heavy (non-hydrogen) atoms. The summed E-state index contributed by atoms with van der Waals surface area (Å²) in [5.41, 5.74) is 1.11. The van der Waals surface area contributed by atoms with Crippen LogP contribution in [-0.2, 0) is 0 Å². The van der Waals surface area contributed by atoms with Gasteiger partial charge >= 0.3 is 0 Å². The monoisotopic (exact) mass is 219 g/mol. The maximum Gasteiger partial charge on any atom is 0.0994 e. The number of aliphatic hydroxyl groups excluding tert-OH is 2. The van der Waals surface area contributed by atoms with Gasteiger partial charge in [-0.15, -0.1) is 13.2 Å². The summed E-state index contributed by atoms with van der Waals surface area (Å²) >= 11 is 0. The molecular weight excluding hydrogens is 202 g/mol. The van der Waals surface area contributed by atoms with Crippen molar-refractivity contribution in [2.45, 2.75) is 25.0 Å². The summed E-state index contributed by atoms with van der Waals surface area (Å²) in [6.07, 6.45) is 2.86. The van der Waals surface area contributed by atoms with E-state index in [9.17, 15) is 10.2 Å². The number of nitrogens with zero attached hydrogens (tertiary/aromatic N) is 1. The smallest absolute Gasteiger partial charge is 0.0994 e. The summed E-state index contributed by atoms with van der Waals surface area (Å²) < 4.78 is 0. The van der Waals surface area contributed by atoms with Crippen molar-refractivity contribution in [2.75, 3.05) is 0 Å². The number of hydrogen-bond acceptors (Lipinski definition) is 3. The molecule has 1 rings (SSSR count). The largest absolute Gasteiger partial charge is 0.386 e. The second-order valence-corrected chi connectivity index (χ2v) is 3.57. The predicted molar refractivity (Wildman–Crippen MR) is 63.8 cm³/mol. The standard InChI is InChI=1S/C13H17NO2/c1-3-6-12(15)10-8-5-9-11(14-10)13(16)7-4-2/h3-5,8-9,12-13,15-16H,1-2,6-7H2/t12-,13-/m0/s1. The number of aromatic nitrogens is 1. The van der Waals surface area contributed by atoms with Crippen LogP contribution in [0.25, 0.3) is 0 Å². The minimum absolute atomic E-state index is 0.452. The van der Waals surface area contributed by atoms with Gasteiger partial charge < -0.3 is 10.2 Å². The molecule has 0 aliphatic carbocycles. The van der Waals surface area contributed by atoms with E-state index in [-0.39, 0.29) is 0 Å². The lowest BCUT2D eigenvalue weighted by Crippen LogP contribution is -2.05. The van der Waals surface area contributed by atoms with Crippen molar-refractivity contribution in [3.8, 4) is 0 Å². The summed E-state index contributed by atoms with van der Waals surface area (Å²) in [6.45, 7) is 7.13. The molecule has 0 aliphatic heterocycles. The van der Waals surface area contributed by atoms with Crippen LogP contribution >= 0.6 is 0 Å². The fourth-order valence-corrected chi connectivity index (χ4v) is 1.40. The first kappa shape index (κ1) is 12.6. The highest BCUT2D eigenvalue weighted by Gasteiger charge is 2.11. The van der Waals surface area contributed by atoms with E-state index in [0.29, 0.717) is 24.2 Å². The summed E-state index contributed by atoms with van der Waals surface area (Å²) in [5, 5.41) is 19.4. The molecular formula is C13H17NO2. The third kappa shape index (κ3) is 3.29. The van der Waals surface area contributed by atoms with Crippen LogP contribution in [0.15, 0.2) is 43.5 Å². The first-order chi connectivity index (χ1) is 7.69. The zero-order chi connectivity index (χ0) is 12.0. The first-order valence-corrected chi connectivity index (χ1v) is 5.23. The maximum absolute atomic E-state index is 9.72. The van der Waals surface area contributed by atoms with E-state index in [1.54, 1.807) is 30.4 Å². The molecule has 0 aromatic carbocycles. The van der Waals surface area contributed by atoms with Gasteiger partial charge in [0.05, 0.1) is 23.6 Å². The van der Waals surface area contributed by atoms with Crippen molar-refractivity contribution in [3.63, 3.8) is 0 Å². The van der Waals surface area contributed by atoms with E-state index < -0.39 is 12.2 Å². The van der Waals surface area contributed by atoms with Crippen LogP contribution in [0.2, 0.25) is 0 Å². The van der Waals surface area contributed by atoms with Gasteiger partial charge in [0.2, 0.25) is 0 Å². The van der Waals surface area contributed by atoms with E-state index >= 15 is 0 Å². The molecule has 0 aliphatic rings. The summed E-state index contributed by atoms with van der Waals surface area (Å²) in [7, 11) is 0. The third-order valence-corrected chi connectivity index (χ3v) is 2.25. The van der Waals surface area contributed by atoms with Crippen molar-refractivity contribution in [1.82, 2.24) is 4.98 Å². The topological polar surface area (TPSA) is 53.4 Å². The minimum atomic E-state index is -0.659. The van der Waals surface area contributed by atoms with Crippen LogP contribution in [-0.4, -0.2) is 15.2 Å². The Balaban J connectivity index is 2.85. The van der Waals surface area contributed by atoms with Gasteiger partial charge in [0.15, 0.2) is 0 Å². The zero-order valence-electron chi connectivity index (χ0n) is 9.21. The zero-order valence-corrected chi connectivity index (χ0v) is 9.21. The molecule has 3 nitrogen and oxygen atoms in total. The summed E-state index contributed by atoms with van der Waals surface area (Å²) in [4.78, 5) is 4.21. The van der Waals surface area contributed by atoms with Crippen molar-refractivity contribution < 1.29 is 10.2 Å². The van der Waals surface area contributed by atoms with E-state index in [4.69, 9.17) is 0 Å². The van der Waals surface area contributed by atoms with Gasteiger partial charge in [-0.1, -0.05) is 18.2 Å². The molecule has 1 heterocycles. The second kappa shape index (κ2) is 6.20. The molecule has 0 spiro atoms. The number of aliphatic hydroxyl groups is 2. The lowest BCUT2D eigenvalue weighted by atomic mass is 10.1. The molecule has 86 valence electrons. The van der Waals surface area contributed by atoms with Gasteiger partial charge in [-0.25, -0.2) is 0 Å². The lowest BCUT2D eigenvalue weighted by Gasteiger charge is -2.12. The van der Waals surface area contributed by atoms with Gasteiger partial charge in [0.1, 0.15) is 0 Å². The van der Waals surface area contributed by atoms with Gasteiger partial charge in [0.25, 0.3) is 0 Å². The third-order valence-electron chi connectivity index (χ3n) is 2.25. The Kier molecular flexibility index (Phi) is 4.89. The quantitative estimate of drug-likeness (QED) is 0.722. The molecule has 0 unspecified atom stereocenters. The Morgan fingerprint density at radius 2 is 1.50 bits per heavy atom. The molecule has 0 radical (unpaired) electrons. The molecule has 2 N–H and O–H groups in total. The van der Waals surface area contributed by atoms with Crippen molar-refractivity contribution >= 4 is 0 Å². The minimum Gasteiger partial charge on any atom is -0.386 e. The van der Waals surface area contributed by atoms with Crippen LogP contribution < -0.4 is 0 Å². The highest BCUT2D eigenvalue weighted by molar-refractivity contribution is 5.16. The van der Waals surface area contributed by atoms with E-state index in [0.717, 1.165) is 0 Å². The van der Waals surface area contributed by atoms with Gasteiger partial charge in [-0.3, -0.25) is 4.98 Å². The fourth-order valence-electron chi connectivity index (χ4n) is 1.40. The second-order valence-electron chi connectivity index (χ2n) is 3.57. The van der Waals surface area contributed by atoms with Crippen LogP contribution in [0.3, 0.4) is 0 Å². The highest BCUT2D eigenvalue weighted by Crippen LogP contribution is 2.19. The fraction of sp³-hybridized carbons (Fsp3) is 0.308. The number of pyridine rings is 1. The average molecular weight is 219 g/mol. The molecule has 0 saturated carbocycles. The summed E-state index contributed by atoms with van der Waals surface area (Å²) in [6, 6.07) is 5.24. The Labute approximate surface area is 95.8 Å². The Hall–Kier alpha value is -1.45. The van der Waals surface area contributed by atoms with E-state index in [1.165, 1.54) is 0 Å². The molecule has 1 aromatic heterocycles. The Morgan fingerprint density at radius 3 is 1.88 bits per heavy atom. The molecule has 0 fully saturated rings.